The van der Waals surface area contributed by atoms with Crippen LogP contribution in [0, 0.1) is 0 Å². The van der Waals surface area contributed by atoms with Gasteiger partial charge in [-0.25, -0.2) is 0 Å². The summed E-state index contributed by atoms with van der Waals surface area (Å²) in [6.07, 6.45) is 6.56. The first kappa shape index (κ1) is 13.8. The molecule has 0 bridgehead atoms. The van der Waals surface area contributed by atoms with Gasteiger partial charge in [-0.05, 0) is 33.7 Å². The van der Waals surface area contributed by atoms with Crippen LogP contribution in [0.15, 0.2) is 24.0 Å². The van der Waals surface area contributed by atoms with Crippen LogP contribution in [0.1, 0.15) is 37.6 Å². The molecule has 0 saturated heterocycles. The monoisotopic (exact) mass is 262 g/mol. The lowest BCUT2D eigenvalue weighted by Crippen LogP contribution is -2.29. The number of amides is 1. The number of nitrogens with zero attached hydrogens (tertiary/aromatic N) is 2. The van der Waals surface area contributed by atoms with E-state index in [0.29, 0.717) is 12.1 Å². The van der Waals surface area contributed by atoms with Crippen molar-refractivity contribution in [2.45, 2.75) is 32.7 Å². The van der Waals surface area contributed by atoms with Gasteiger partial charge in [0.25, 0.3) is 5.91 Å². The molecule has 0 fully saturated rings. The Kier molecular flexibility index (Phi) is 4.04. The van der Waals surface area contributed by atoms with Gasteiger partial charge < -0.3 is 10.6 Å². The van der Waals surface area contributed by atoms with E-state index in [4.69, 9.17) is 0 Å². The quantitative estimate of drug-likeness (QED) is 0.807. The molecule has 1 aromatic rings. The van der Waals surface area contributed by atoms with Gasteiger partial charge in [0.2, 0.25) is 0 Å². The molecule has 1 amide bonds. The van der Waals surface area contributed by atoms with Crippen LogP contribution < -0.4 is 10.6 Å². The van der Waals surface area contributed by atoms with Gasteiger partial charge in [0.15, 0.2) is 0 Å². The van der Waals surface area contributed by atoms with E-state index in [2.05, 4.69) is 42.6 Å². The van der Waals surface area contributed by atoms with Gasteiger partial charge in [0, 0.05) is 19.3 Å². The zero-order chi connectivity index (χ0) is 13.9. The molecule has 104 valence electrons. The van der Waals surface area contributed by atoms with Crippen molar-refractivity contribution in [3.63, 3.8) is 0 Å². The number of rotatable bonds is 3. The highest BCUT2D eigenvalue weighted by molar-refractivity contribution is 5.93. The molecule has 0 saturated carbocycles. The first-order valence-corrected chi connectivity index (χ1v) is 6.69. The molecule has 0 spiro atoms. The van der Waals surface area contributed by atoms with Gasteiger partial charge in [-0.3, -0.25) is 9.48 Å². The lowest BCUT2D eigenvalue weighted by Gasteiger charge is -2.18. The normalized spacial score (nSPS) is 16.1. The largest absolute Gasteiger partial charge is 0.348 e. The molecule has 2 N–H and O–H groups in total. The lowest BCUT2D eigenvalue weighted by molar-refractivity contribution is 0.0956. The topological polar surface area (TPSA) is 59.0 Å². The number of aromatic nitrogens is 2. The molecule has 1 aromatic heterocycles. The number of nitrogens with one attached hydrogen (secondary N) is 2. The van der Waals surface area contributed by atoms with E-state index in [1.54, 1.807) is 12.4 Å². The van der Waals surface area contributed by atoms with Gasteiger partial charge in [0.1, 0.15) is 0 Å². The first-order chi connectivity index (χ1) is 8.97. The molecule has 2 heterocycles. The molecule has 0 aromatic carbocycles. The van der Waals surface area contributed by atoms with Gasteiger partial charge >= 0.3 is 0 Å². The summed E-state index contributed by atoms with van der Waals surface area (Å²) < 4.78 is 1.81. The predicted molar refractivity (Wildman–Crippen MR) is 75.1 cm³/mol. The smallest absolute Gasteiger partial charge is 0.254 e. The second-order valence-corrected chi connectivity index (χ2v) is 5.84. The molecule has 1 aliphatic rings. The van der Waals surface area contributed by atoms with E-state index in [-0.39, 0.29) is 11.4 Å². The molecule has 0 radical (unpaired) electrons. The number of hydrogen-bond donors (Lipinski definition) is 2. The maximum Gasteiger partial charge on any atom is 0.254 e. The zero-order valence-corrected chi connectivity index (χ0v) is 11.9. The van der Waals surface area contributed by atoms with E-state index < -0.39 is 0 Å². The van der Waals surface area contributed by atoms with Crippen molar-refractivity contribution in [3.8, 4) is 0 Å². The molecule has 5 nitrogen and oxygen atoms in total. The molecular weight excluding hydrogens is 240 g/mol. The standard InChI is InChI=1S/C14H22N4O/c1-14(2,3)18-10-12(9-17-18)13(19)16-8-11-4-6-15-7-5-11/h4,9-10,15H,5-8H2,1-3H3,(H,16,19). The minimum atomic E-state index is -0.101. The van der Waals surface area contributed by atoms with Crippen LogP contribution in [0.4, 0.5) is 0 Å². The van der Waals surface area contributed by atoms with Crippen LogP contribution >= 0.6 is 0 Å². The highest BCUT2D eigenvalue weighted by Gasteiger charge is 2.16. The Morgan fingerprint density at radius 3 is 2.89 bits per heavy atom. The van der Waals surface area contributed by atoms with Crippen molar-refractivity contribution in [2.24, 2.45) is 0 Å². The van der Waals surface area contributed by atoms with E-state index in [1.807, 2.05) is 4.68 Å². The van der Waals surface area contributed by atoms with Gasteiger partial charge in [-0.15, -0.1) is 0 Å². The Labute approximate surface area is 114 Å². The second-order valence-electron chi connectivity index (χ2n) is 5.84. The maximum atomic E-state index is 12.0. The highest BCUT2D eigenvalue weighted by Crippen LogP contribution is 2.13. The third kappa shape index (κ3) is 3.67. The summed E-state index contributed by atoms with van der Waals surface area (Å²) in [6, 6.07) is 0. The summed E-state index contributed by atoms with van der Waals surface area (Å²) in [5.41, 5.74) is 1.80. The Balaban J connectivity index is 1.93. The lowest BCUT2D eigenvalue weighted by atomic mass is 10.1. The predicted octanol–water partition coefficient (Wildman–Crippen LogP) is 1.29. The van der Waals surface area contributed by atoms with Crippen LogP contribution in [0.25, 0.3) is 0 Å². The van der Waals surface area contributed by atoms with E-state index in [1.165, 1.54) is 5.57 Å². The summed E-state index contributed by atoms with van der Waals surface area (Å²) >= 11 is 0. The molecule has 5 heteroatoms. The Morgan fingerprint density at radius 2 is 2.32 bits per heavy atom. The van der Waals surface area contributed by atoms with Crippen molar-refractivity contribution in [3.05, 3.63) is 29.6 Å². The second kappa shape index (κ2) is 5.57. The van der Waals surface area contributed by atoms with Crippen LogP contribution in [0.2, 0.25) is 0 Å². The Morgan fingerprint density at radius 1 is 1.53 bits per heavy atom. The molecule has 0 aliphatic carbocycles. The molecule has 0 atom stereocenters. The summed E-state index contributed by atoms with van der Waals surface area (Å²) in [5.74, 6) is -0.0602. The summed E-state index contributed by atoms with van der Waals surface area (Å²) in [7, 11) is 0. The average molecular weight is 262 g/mol. The van der Waals surface area contributed by atoms with Gasteiger partial charge in [0.05, 0.1) is 17.3 Å². The van der Waals surface area contributed by atoms with E-state index in [9.17, 15) is 4.79 Å². The average Bonchev–Trinajstić information content (AvgIpc) is 2.87. The van der Waals surface area contributed by atoms with Crippen molar-refractivity contribution < 1.29 is 4.79 Å². The minimum Gasteiger partial charge on any atom is -0.348 e. The fourth-order valence-electron chi connectivity index (χ4n) is 1.93. The minimum absolute atomic E-state index is 0.0602. The van der Waals surface area contributed by atoms with Gasteiger partial charge in [-0.2, -0.15) is 5.10 Å². The van der Waals surface area contributed by atoms with Crippen molar-refractivity contribution >= 4 is 5.91 Å². The van der Waals surface area contributed by atoms with Crippen molar-refractivity contribution in [2.75, 3.05) is 19.6 Å². The van der Waals surface area contributed by atoms with Crippen molar-refractivity contribution in [1.82, 2.24) is 20.4 Å². The summed E-state index contributed by atoms with van der Waals surface area (Å²) in [6.45, 7) is 8.68. The molecular formula is C14H22N4O. The van der Waals surface area contributed by atoms with Crippen LogP contribution in [0.3, 0.4) is 0 Å². The zero-order valence-electron chi connectivity index (χ0n) is 11.9. The van der Waals surface area contributed by atoms with E-state index >= 15 is 0 Å². The summed E-state index contributed by atoms with van der Waals surface area (Å²) in [5, 5.41) is 10.4. The SMILES string of the molecule is CC(C)(C)n1cc(C(=O)NCC2=CCNCC2)cn1. The first-order valence-electron chi connectivity index (χ1n) is 6.69. The summed E-state index contributed by atoms with van der Waals surface area (Å²) in [4.78, 5) is 12.0. The highest BCUT2D eigenvalue weighted by atomic mass is 16.1. The Bertz CT molecular complexity index is 482. The molecule has 19 heavy (non-hydrogen) atoms. The Hall–Kier alpha value is -1.62. The van der Waals surface area contributed by atoms with Crippen molar-refractivity contribution in [1.29, 1.82) is 0 Å². The molecule has 0 unspecified atom stereocenters. The fraction of sp³-hybridized carbons (Fsp3) is 0.571. The fourth-order valence-corrected chi connectivity index (χ4v) is 1.93. The maximum absolute atomic E-state index is 12.0. The van der Waals surface area contributed by atoms with Gasteiger partial charge in [-0.1, -0.05) is 11.6 Å². The molecule has 1 aliphatic heterocycles. The van der Waals surface area contributed by atoms with E-state index in [0.717, 1.165) is 19.5 Å². The van der Waals surface area contributed by atoms with Crippen LogP contribution in [-0.2, 0) is 5.54 Å². The number of carbonyl (C=O) groups is 1. The number of hydrogen-bond acceptors (Lipinski definition) is 3. The number of carbonyl (C=O) groups excluding carboxylic acids is 1. The van der Waals surface area contributed by atoms with Crippen LogP contribution in [-0.4, -0.2) is 35.3 Å². The van der Waals surface area contributed by atoms with Crippen LogP contribution in [0.5, 0.6) is 0 Å². The third-order valence-electron chi connectivity index (χ3n) is 3.17. The third-order valence-corrected chi connectivity index (χ3v) is 3.17. The molecule has 2 rings (SSSR count).